The lowest BCUT2D eigenvalue weighted by Crippen LogP contribution is -2.02. The van der Waals surface area contributed by atoms with Gasteiger partial charge in [-0.25, -0.2) is 0 Å². The molecule has 0 saturated carbocycles. The third-order valence-electron chi connectivity index (χ3n) is 3.43. The van der Waals surface area contributed by atoms with E-state index in [9.17, 15) is 4.79 Å². The number of allylic oxidation sites excluding steroid dienone is 1. The van der Waals surface area contributed by atoms with Crippen molar-refractivity contribution in [2.45, 2.75) is 6.92 Å². The van der Waals surface area contributed by atoms with Crippen molar-refractivity contribution >= 4 is 11.9 Å². The summed E-state index contributed by atoms with van der Waals surface area (Å²) in [5.74, 6) is 0.786. The summed E-state index contributed by atoms with van der Waals surface area (Å²) in [5, 5.41) is 8.90. The van der Waals surface area contributed by atoms with Crippen LogP contribution in [0.3, 0.4) is 0 Å². The van der Waals surface area contributed by atoms with Crippen molar-refractivity contribution in [3.05, 3.63) is 64.7 Å². The van der Waals surface area contributed by atoms with Crippen molar-refractivity contribution in [3.63, 3.8) is 0 Å². The summed E-state index contributed by atoms with van der Waals surface area (Å²) in [6, 6.07) is 12.6. The van der Waals surface area contributed by atoms with Gasteiger partial charge in [0.25, 0.3) is 0 Å². The second-order valence-electron chi connectivity index (χ2n) is 4.93. The van der Waals surface area contributed by atoms with E-state index in [-0.39, 0.29) is 5.78 Å². The number of ether oxygens (including phenoxy) is 2. The smallest absolute Gasteiger partial charge is 0.189 e. The van der Waals surface area contributed by atoms with Gasteiger partial charge in [0.15, 0.2) is 17.3 Å². The van der Waals surface area contributed by atoms with Gasteiger partial charge < -0.3 is 9.47 Å². The molecule has 4 heteroatoms. The number of nitriles is 1. The summed E-state index contributed by atoms with van der Waals surface area (Å²) in [6.45, 7) is 1.89. The Morgan fingerprint density at radius 2 is 1.87 bits per heavy atom. The molecule has 23 heavy (non-hydrogen) atoms. The van der Waals surface area contributed by atoms with Crippen LogP contribution in [-0.4, -0.2) is 20.0 Å². The van der Waals surface area contributed by atoms with Crippen LogP contribution in [0.1, 0.15) is 27.0 Å². The Labute approximate surface area is 135 Å². The molecule has 116 valence electrons. The average molecular weight is 307 g/mol. The van der Waals surface area contributed by atoms with Crippen molar-refractivity contribution in [1.82, 2.24) is 0 Å². The SMILES string of the molecule is COc1c(C)ccc(C(=O)/C=C/c2cccc(C#N)c2)c1OC. The molecule has 0 amide bonds. The first kappa shape index (κ1) is 16.3. The Balaban J connectivity index is 2.34. The third kappa shape index (κ3) is 3.58. The monoisotopic (exact) mass is 307 g/mol. The van der Waals surface area contributed by atoms with Crippen LogP contribution in [0.25, 0.3) is 6.08 Å². The molecule has 0 bridgehead atoms. The van der Waals surface area contributed by atoms with Gasteiger partial charge >= 0.3 is 0 Å². The van der Waals surface area contributed by atoms with Crippen molar-refractivity contribution in [2.75, 3.05) is 14.2 Å². The number of aryl methyl sites for hydroxylation is 1. The summed E-state index contributed by atoms with van der Waals surface area (Å²) >= 11 is 0. The van der Waals surface area contributed by atoms with E-state index in [2.05, 4.69) is 6.07 Å². The van der Waals surface area contributed by atoms with Crippen LogP contribution in [0, 0.1) is 18.3 Å². The molecule has 0 unspecified atom stereocenters. The molecular formula is C19H17NO3. The highest BCUT2D eigenvalue weighted by molar-refractivity contribution is 6.09. The normalized spacial score (nSPS) is 10.3. The zero-order valence-corrected chi connectivity index (χ0v) is 13.3. The maximum Gasteiger partial charge on any atom is 0.189 e. The molecule has 4 nitrogen and oxygen atoms in total. The number of methoxy groups -OCH3 is 2. The van der Waals surface area contributed by atoms with E-state index >= 15 is 0 Å². The molecule has 0 aliphatic carbocycles. The van der Waals surface area contributed by atoms with Gasteiger partial charge in [0.1, 0.15) is 0 Å². The van der Waals surface area contributed by atoms with E-state index < -0.39 is 0 Å². The first-order valence-corrected chi connectivity index (χ1v) is 7.05. The van der Waals surface area contributed by atoms with Gasteiger partial charge in [0.2, 0.25) is 0 Å². The molecular weight excluding hydrogens is 290 g/mol. The number of carbonyl (C=O) groups excluding carboxylic acids is 1. The van der Waals surface area contributed by atoms with Crippen LogP contribution < -0.4 is 9.47 Å². The number of hydrogen-bond donors (Lipinski definition) is 0. The minimum Gasteiger partial charge on any atom is -0.493 e. The zero-order valence-electron chi connectivity index (χ0n) is 13.3. The fourth-order valence-electron chi connectivity index (χ4n) is 2.29. The number of nitrogens with zero attached hydrogens (tertiary/aromatic N) is 1. The van der Waals surface area contributed by atoms with E-state index in [4.69, 9.17) is 14.7 Å². The molecule has 0 heterocycles. The van der Waals surface area contributed by atoms with E-state index in [1.165, 1.54) is 13.2 Å². The van der Waals surface area contributed by atoms with E-state index in [1.807, 2.05) is 19.1 Å². The predicted molar refractivity (Wildman–Crippen MR) is 88.8 cm³/mol. The lowest BCUT2D eigenvalue weighted by atomic mass is 10.0. The first-order valence-electron chi connectivity index (χ1n) is 7.05. The van der Waals surface area contributed by atoms with Crippen molar-refractivity contribution in [2.24, 2.45) is 0 Å². The minimum absolute atomic E-state index is 0.192. The standard InChI is InChI=1S/C19H17NO3/c1-13-7-9-16(19(23-3)18(13)22-2)17(21)10-8-14-5-4-6-15(11-14)12-20/h4-11H,1-3H3/b10-8+. The highest BCUT2D eigenvalue weighted by atomic mass is 16.5. The van der Waals surface area contributed by atoms with Gasteiger partial charge in [0.05, 0.1) is 31.4 Å². The van der Waals surface area contributed by atoms with Gasteiger partial charge in [-0.3, -0.25) is 4.79 Å². The van der Waals surface area contributed by atoms with E-state index in [0.29, 0.717) is 22.6 Å². The molecule has 0 fully saturated rings. The maximum absolute atomic E-state index is 12.4. The van der Waals surface area contributed by atoms with Crippen molar-refractivity contribution in [3.8, 4) is 17.6 Å². The van der Waals surface area contributed by atoms with E-state index in [1.54, 1.807) is 37.5 Å². The summed E-state index contributed by atoms with van der Waals surface area (Å²) in [4.78, 5) is 12.4. The van der Waals surface area contributed by atoms with Crippen LogP contribution in [0.2, 0.25) is 0 Å². The molecule has 0 spiro atoms. The summed E-state index contributed by atoms with van der Waals surface area (Å²) < 4.78 is 10.6. The van der Waals surface area contributed by atoms with Gasteiger partial charge in [-0.05, 0) is 42.3 Å². The zero-order chi connectivity index (χ0) is 16.8. The number of carbonyl (C=O) groups is 1. The molecule has 2 rings (SSSR count). The predicted octanol–water partition coefficient (Wildman–Crippen LogP) is 3.78. The van der Waals surface area contributed by atoms with Crippen LogP contribution in [0.5, 0.6) is 11.5 Å². The largest absolute Gasteiger partial charge is 0.493 e. The molecule has 0 aromatic heterocycles. The molecule has 2 aromatic carbocycles. The second kappa shape index (κ2) is 7.28. The number of hydrogen-bond acceptors (Lipinski definition) is 4. The van der Waals surface area contributed by atoms with Gasteiger partial charge in [-0.1, -0.05) is 24.3 Å². The highest BCUT2D eigenvalue weighted by Crippen LogP contribution is 2.34. The van der Waals surface area contributed by atoms with E-state index in [0.717, 1.165) is 11.1 Å². The number of benzene rings is 2. The molecule has 0 aliphatic heterocycles. The minimum atomic E-state index is -0.192. The Kier molecular flexibility index (Phi) is 5.16. The van der Waals surface area contributed by atoms with Crippen molar-refractivity contribution in [1.29, 1.82) is 5.26 Å². The Morgan fingerprint density at radius 1 is 1.13 bits per heavy atom. The summed E-state index contributed by atoms with van der Waals surface area (Å²) in [7, 11) is 3.05. The Morgan fingerprint density at radius 3 is 2.52 bits per heavy atom. The van der Waals surface area contributed by atoms with Gasteiger partial charge in [0, 0.05) is 0 Å². The number of ketones is 1. The first-order chi connectivity index (χ1) is 11.1. The lowest BCUT2D eigenvalue weighted by molar-refractivity contribution is 0.104. The second-order valence-corrected chi connectivity index (χ2v) is 4.93. The average Bonchev–Trinajstić information content (AvgIpc) is 2.59. The molecule has 0 N–H and O–H groups in total. The fourth-order valence-corrected chi connectivity index (χ4v) is 2.29. The van der Waals surface area contributed by atoms with Crippen LogP contribution in [-0.2, 0) is 0 Å². The van der Waals surface area contributed by atoms with Crippen LogP contribution in [0.15, 0.2) is 42.5 Å². The molecule has 0 aliphatic rings. The maximum atomic E-state index is 12.4. The molecule has 0 saturated heterocycles. The summed E-state index contributed by atoms with van der Waals surface area (Å²) in [6.07, 6.45) is 3.14. The molecule has 0 atom stereocenters. The molecule has 2 aromatic rings. The van der Waals surface area contributed by atoms with Gasteiger partial charge in [-0.2, -0.15) is 5.26 Å². The van der Waals surface area contributed by atoms with Crippen LogP contribution >= 0.6 is 0 Å². The molecule has 0 radical (unpaired) electrons. The lowest BCUT2D eigenvalue weighted by Gasteiger charge is -2.13. The Bertz CT molecular complexity index is 801. The quantitative estimate of drug-likeness (QED) is 0.623. The Hall–Kier alpha value is -3.06. The number of rotatable bonds is 5. The topological polar surface area (TPSA) is 59.3 Å². The fraction of sp³-hybridized carbons (Fsp3) is 0.158. The highest BCUT2D eigenvalue weighted by Gasteiger charge is 2.16. The van der Waals surface area contributed by atoms with Crippen LogP contribution in [0.4, 0.5) is 0 Å². The summed E-state index contributed by atoms with van der Waals surface area (Å²) in [5.41, 5.74) is 2.67. The van der Waals surface area contributed by atoms with Crippen molar-refractivity contribution < 1.29 is 14.3 Å². The van der Waals surface area contributed by atoms with Gasteiger partial charge in [-0.15, -0.1) is 0 Å². The third-order valence-corrected chi connectivity index (χ3v) is 3.43.